The van der Waals surface area contributed by atoms with Crippen molar-refractivity contribution in [2.75, 3.05) is 24.4 Å². The number of hydroxylamine groups is 1. The van der Waals surface area contributed by atoms with Crippen LogP contribution in [-0.4, -0.2) is 89.3 Å². The third kappa shape index (κ3) is 8.76. The highest BCUT2D eigenvalue weighted by Gasteiger charge is 2.42. The van der Waals surface area contributed by atoms with Crippen molar-refractivity contribution in [1.29, 1.82) is 0 Å². The van der Waals surface area contributed by atoms with E-state index < -0.39 is 43.0 Å². The minimum Gasteiger partial charge on any atom is -0.391 e. The lowest BCUT2D eigenvalue weighted by Gasteiger charge is -2.40. The SMILES string of the molecule is CNC1C(=O)CC(C)/C(=C/CSSC2(C)Nc3ncccc32)C2=C1C#C/C=C\C#C[C@@H]2OC1CC(O)[C@H](NOC2CC[C@H](SC)C(C)O2)C(C)O1. The van der Waals surface area contributed by atoms with Crippen LogP contribution in [0, 0.1) is 29.6 Å². The zero-order valence-corrected chi connectivity index (χ0v) is 32.4. The zero-order valence-electron chi connectivity index (χ0n) is 29.9. The van der Waals surface area contributed by atoms with Gasteiger partial charge in [-0.15, -0.1) is 0 Å². The van der Waals surface area contributed by atoms with E-state index in [1.165, 1.54) is 5.56 Å². The maximum Gasteiger partial charge on any atom is 0.177 e. The van der Waals surface area contributed by atoms with Gasteiger partial charge in [0.25, 0.3) is 0 Å². The predicted molar refractivity (Wildman–Crippen MR) is 205 cm³/mol. The monoisotopic (exact) mass is 752 g/mol. The van der Waals surface area contributed by atoms with Gasteiger partial charge in [-0.1, -0.05) is 64.3 Å². The van der Waals surface area contributed by atoms with Crippen molar-refractivity contribution in [1.82, 2.24) is 15.8 Å². The third-order valence-corrected chi connectivity index (χ3v) is 14.0. The van der Waals surface area contributed by atoms with Gasteiger partial charge < -0.3 is 30.0 Å². The highest BCUT2D eigenvalue weighted by molar-refractivity contribution is 8.77. The van der Waals surface area contributed by atoms with Crippen molar-refractivity contribution in [2.45, 2.75) is 113 Å². The predicted octanol–water partition coefficient (Wildman–Crippen LogP) is 5.09. The van der Waals surface area contributed by atoms with Gasteiger partial charge in [0.05, 0.1) is 30.4 Å². The maximum absolute atomic E-state index is 13.6. The Morgan fingerprint density at radius 3 is 2.73 bits per heavy atom. The van der Waals surface area contributed by atoms with Gasteiger partial charge in [-0.05, 0) is 70.2 Å². The number of ether oxygens (including phenoxy) is 3. The summed E-state index contributed by atoms with van der Waals surface area (Å²) < 4.78 is 19.1. The largest absolute Gasteiger partial charge is 0.391 e. The van der Waals surface area contributed by atoms with Crippen molar-refractivity contribution < 1.29 is 28.9 Å². The van der Waals surface area contributed by atoms with E-state index in [2.05, 4.69) is 83.9 Å². The van der Waals surface area contributed by atoms with E-state index in [4.69, 9.17) is 19.0 Å². The number of rotatable bonds is 11. The molecule has 0 radical (unpaired) electrons. The standard InChI is InChI=1S/C38H48N4O6S3/c1-22-20-28(43)36(39-5)26-12-9-7-8-10-14-30(34(26)25(22)17-19-50-51-38(4)27-13-11-18-40-37(27)41-38)47-33-21-29(44)35(24(3)46-33)42-48-32-16-15-31(49-6)23(2)45-32/h7-8,11,13,17-18,22-24,29-33,35-36,39,42,44H,15-16,19-21H2,1-6H3,(H,40,41)/b8-7-,25-17-/t22?,23?,24?,29?,30-,31-,32?,33?,35+,36?,38?/m0/s1. The molecule has 274 valence electrons. The van der Waals surface area contributed by atoms with Crippen LogP contribution in [0.4, 0.5) is 5.82 Å². The summed E-state index contributed by atoms with van der Waals surface area (Å²) in [5, 5.41) is 18.4. The van der Waals surface area contributed by atoms with E-state index in [0.717, 1.165) is 29.8 Å². The number of Topliss-reactive ketones (excluding diaryl/α,β-unsaturated/α-hetero) is 1. The van der Waals surface area contributed by atoms with Crippen LogP contribution in [0.1, 0.15) is 58.9 Å². The van der Waals surface area contributed by atoms with Crippen molar-refractivity contribution in [3.63, 3.8) is 0 Å². The number of likely N-dealkylation sites (N-methyl/N-ethyl adjacent to an activating group) is 1. The van der Waals surface area contributed by atoms with Gasteiger partial charge in [0.15, 0.2) is 18.4 Å². The first-order valence-electron chi connectivity index (χ1n) is 17.6. The second-order valence-electron chi connectivity index (χ2n) is 13.6. The van der Waals surface area contributed by atoms with Gasteiger partial charge in [0, 0.05) is 53.2 Å². The summed E-state index contributed by atoms with van der Waals surface area (Å²) in [4.78, 5) is 23.7. The number of hydrogen-bond donors (Lipinski definition) is 4. The number of carbonyl (C=O) groups is 1. The normalized spacial score (nSPS) is 37.5. The minimum absolute atomic E-state index is 0.0645. The number of nitrogens with one attached hydrogen (secondary N) is 3. The molecule has 4 heterocycles. The van der Waals surface area contributed by atoms with Crippen molar-refractivity contribution in [2.24, 2.45) is 5.92 Å². The molecular formula is C38H48N4O6S3. The van der Waals surface area contributed by atoms with Crippen LogP contribution in [0.5, 0.6) is 0 Å². The molecule has 5 aliphatic rings. The molecule has 13 heteroatoms. The van der Waals surface area contributed by atoms with E-state index in [9.17, 15) is 9.90 Å². The number of nitrogens with zero attached hydrogens (tertiary/aromatic N) is 1. The quantitative estimate of drug-likeness (QED) is 0.104. The lowest BCUT2D eigenvalue weighted by molar-refractivity contribution is -0.266. The van der Waals surface area contributed by atoms with E-state index in [1.807, 2.05) is 24.8 Å². The molecule has 3 aliphatic heterocycles. The van der Waals surface area contributed by atoms with Gasteiger partial charge in [-0.2, -0.15) is 17.2 Å². The number of pyridine rings is 1. The lowest BCUT2D eigenvalue weighted by atomic mass is 9.87. The lowest BCUT2D eigenvalue weighted by Crippen LogP contribution is -2.56. The fourth-order valence-corrected chi connectivity index (χ4v) is 10.5. The summed E-state index contributed by atoms with van der Waals surface area (Å²) in [5.41, 5.74) is 6.64. The number of hydrogen-bond acceptors (Lipinski definition) is 13. The second-order valence-corrected chi connectivity index (χ2v) is 17.4. The fourth-order valence-electron chi connectivity index (χ4n) is 7.21. The number of carbonyl (C=O) groups excluding carboxylic acids is 1. The topological polar surface area (TPSA) is 123 Å². The molecule has 2 aliphatic carbocycles. The Morgan fingerprint density at radius 1 is 1.18 bits per heavy atom. The van der Waals surface area contributed by atoms with E-state index in [1.54, 1.807) is 47.0 Å². The first kappa shape index (κ1) is 38.5. The summed E-state index contributed by atoms with van der Waals surface area (Å²) in [5.74, 6) is 14.3. The Balaban J connectivity index is 1.19. The Hall–Kier alpha value is -2.27. The zero-order chi connectivity index (χ0) is 36.1. The summed E-state index contributed by atoms with van der Waals surface area (Å²) in [6.07, 6.45) is 8.67. The molecule has 10 nitrogen and oxygen atoms in total. The highest BCUT2D eigenvalue weighted by Crippen LogP contribution is 2.52. The highest BCUT2D eigenvalue weighted by atomic mass is 33.1. The first-order valence-corrected chi connectivity index (χ1v) is 21.2. The Bertz CT molecular complexity index is 1650. The summed E-state index contributed by atoms with van der Waals surface area (Å²) in [6, 6.07) is 2.97. The van der Waals surface area contributed by atoms with E-state index in [0.29, 0.717) is 23.0 Å². The molecule has 11 atom stereocenters. The van der Waals surface area contributed by atoms with Crippen LogP contribution >= 0.6 is 33.3 Å². The van der Waals surface area contributed by atoms with Crippen LogP contribution in [-0.2, 0) is 28.7 Å². The average Bonchev–Trinajstić information content (AvgIpc) is 3.13. The molecule has 0 bridgehead atoms. The molecule has 0 aromatic carbocycles. The first-order chi connectivity index (χ1) is 24.6. The number of ketones is 1. The van der Waals surface area contributed by atoms with Crippen LogP contribution in [0.2, 0.25) is 0 Å². The van der Waals surface area contributed by atoms with Crippen molar-refractivity contribution >= 4 is 45.0 Å². The van der Waals surface area contributed by atoms with Crippen LogP contribution in [0.15, 0.2) is 53.3 Å². The van der Waals surface area contributed by atoms with E-state index in [-0.39, 0.29) is 29.1 Å². The van der Waals surface area contributed by atoms with Gasteiger partial charge in [-0.25, -0.2) is 4.98 Å². The number of thioether (sulfide) groups is 1. The molecule has 0 amide bonds. The number of aliphatic hydroxyl groups is 1. The fraction of sp³-hybridized carbons (Fsp3) is 0.579. The molecule has 1 aromatic heterocycles. The summed E-state index contributed by atoms with van der Waals surface area (Å²) >= 11 is 1.81. The van der Waals surface area contributed by atoms with Crippen molar-refractivity contribution in [3.05, 3.63) is 58.8 Å². The number of allylic oxidation sites excluding steroid dienone is 2. The second kappa shape index (κ2) is 17.3. The van der Waals surface area contributed by atoms with Gasteiger partial charge in [-0.3, -0.25) is 9.63 Å². The minimum atomic E-state index is -0.818. The van der Waals surface area contributed by atoms with Crippen LogP contribution in [0.25, 0.3) is 0 Å². The van der Waals surface area contributed by atoms with Crippen LogP contribution < -0.4 is 16.1 Å². The molecule has 2 saturated heterocycles. The molecule has 0 spiro atoms. The summed E-state index contributed by atoms with van der Waals surface area (Å²) in [7, 11) is 5.26. The van der Waals surface area contributed by atoms with Gasteiger partial charge in [0.1, 0.15) is 16.8 Å². The molecule has 4 N–H and O–H groups in total. The number of anilines is 1. The molecule has 0 saturated carbocycles. The number of fused-ring (bicyclic) bond motifs is 1. The smallest absolute Gasteiger partial charge is 0.177 e. The summed E-state index contributed by atoms with van der Waals surface area (Å²) in [6.45, 7) is 8.18. The van der Waals surface area contributed by atoms with Gasteiger partial charge in [0.2, 0.25) is 0 Å². The van der Waals surface area contributed by atoms with E-state index >= 15 is 0 Å². The molecule has 2 fully saturated rings. The van der Waals surface area contributed by atoms with Crippen LogP contribution in [0.3, 0.4) is 0 Å². The third-order valence-electron chi connectivity index (χ3n) is 9.97. The Kier molecular flexibility index (Phi) is 13.0. The molecule has 1 aromatic rings. The molecule has 51 heavy (non-hydrogen) atoms. The van der Waals surface area contributed by atoms with Crippen molar-refractivity contribution in [3.8, 4) is 23.7 Å². The maximum atomic E-state index is 13.6. The molecular weight excluding hydrogens is 705 g/mol. The number of aliphatic hydroxyl groups excluding tert-OH is 1. The Labute approximate surface area is 313 Å². The van der Waals surface area contributed by atoms with Gasteiger partial charge >= 0.3 is 0 Å². The molecule has 8 unspecified atom stereocenters. The number of aromatic nitrogens is 1. The molecule has 6 rings (SSSR count). The average molecular weight is 753 g/mol. The Morgan fingerprint density at radius 2 is 1.98 bits per heavy atom.